The van der Waals surface area contributed by atoms with Crippen LogP contribution in [0.1, 0.15) is 36.0 Å². The largest absolute Gasteiger partial charge is 0.462 e. The molecule has 0 N–H and O–H groups in total. The maximum Gasteiger partial charge on any atom is 0.339 e. The van der Waals surface area contributed by atoms with E-state index in [0.717, 1.165) is 12.8 Å². The summed E-state index contributed by atoms with van der Waals surface area (Å²) in [6.45, 7) is 0.378. The number of halogens is 2. The van der Waals surface area contributed by atoms with Crippen molar-refractivity contribution in [3.05, 3.63) is 28.2 Å². The Hall–Kier alpha value is -0.590. The van der Waals surface area contributed by atoms with Crippen LogP contribution < -0.4 is 0 Å². The second kappa shape index (κ2) is 6.45. The first-order chi connectivity index (χ1) is 9.38. The lowest BCUT2D eigenvalue weighted by molar-refractivity contribution is 0.0441. The zero-order chi connectivity index (χ0) is 14.8. The molecule has 0 aromatic heterocycles. The first-order valence-corrected chi connectivity index (χ1v) is 9.39. The van der Waals surface area contributed by atoms with Gasteiger partial charge in [0.15, 0.2) is 0 Å². The molecule has 0 spiro atoms. The van der Waals surface area contributed by atoms with Crippen LogP contribution in [0, 0.1) is 5.92 Å². The third-order valence-electron chi connectivity index (χ3n) is 3.36. The van der Waals surface area contributed by atoms with Gasteiger partial charge < -0.3 is 4.74 Å². The van der Waals surface area contributed by atoms with Crippen molar-refractivity contribution in [1.82, 2.24) is 0 Å². The first kappa shape index (κ1) is 15.8. The molecule has 0 heterocycles. The topological polar surface area (TPSA) is 60.4 Å². The average molecular weight is 382 g/mol. The van der Waals surface area contributed by atoms with Gasteiger partial charge in [-0.2, -0.15) is 0 Å². The van der Waals surface area contributed by atoms with E-state index in [4.69, 9.17) is 15.4 Å². The Labute approximate surface area is 131 Å². The van der Waals surface area contributed by atoms with Crippen LogP contribution in [0.3, 0.4) is 0 Å². The molecule has 0 bridgehead atoms. The van der Waals surface area contributed by atoms with Gasteiger partial charge in [0, 0.05) is 15.2 Å². The van der Waals surface area contributed by atoms with E-state index in [1.54, 1.807) is 0 Å². The molecule has 1 aliphatic carbocycles. The van der Waals surface area contributed by atoms with Gasteiger partial charge in [-0.15, -0.1) is 0 Å². The number of hydrogen-bond donors (Lipinski definition) is 0. The van der Waals surface area contributed by atoms with Crippen LogP contribution in [0.15, 0.2) is 27.6 Å². The van der Waals surface area contributed by atoms with Crippen LogP contribution in [0.4, 0.5) is 0 Å². The van der Waals surface area contributed by atoms with E-state index in [0.29, 0.717) is 17.0 Å². The highest BCUT2D eigenvalue weighted by Gasteiger charge is 2.20. The van der Waals surface area contributed by atoms with E-state index in [2.05, 4.69) is 15.9 Å². The van der Waals surface area contributed by atoms with Gasteiger partial charge in [-0.05, 0) is 52.9 Å². The fourth-order valence-electron chi connectivity index (χ4n) is 2.26. The SMILES string of the molecule is O=C(OCC1CCCC1)c1cc(S(=O)(=O)Cl)ccc1Br. The summed E-state index contributed by atoms with van der Waals surface area (Å²) in [5, 5.41) is 0. The van der Waals surface area contributed by atoms with Crippen LogP contribution in [-0.2, 0) is 13.8 Å². The minimum Gasteiger partial charge on any atom is -0.462 e. The quantitative estimate of drug-likeness (QED) is 0.589. The summed E-state index contributed by atoms with van der Waals surface area (Å²) < 4.78 is 28.3. The van der Waals surface area contributed by atoms with Gasteiger partial charge in [0.1, 0.15) is 0 Å². The molecule has 0 radical (unpaired) electrons. The smallest absolute Gasteiger partial charge is 0.339 e. The van der Waals surface area contributed by atoms with Gasteiger partial charge in [0.2, 0.25) is 0 Å². The maximum atomic E-state index is 12.0. The number of benzene rings is 1. The number of esters is 1. The van der Waals surface area contributed by atoms with Crippen LogP contribution in [0.2, 0.25) is 0 Å². The lowest BCUT2D eigenvalue weighted by Crippen LogP contribution is -2.13. The third kappa shape index (κ3) is 3.96. The van der Waals surface area contributed by atoms with Crippen molar-refractivity contribution in [1.29, 1.82) is 0 Å². The van der Waals surface area contributed by atoms with Crippen molar-refractivity contribution in [3.8, 4) is 0 Å². The molecule has 0 saturated heterocycles. The highest BCUT2D eigenvalue weighted by Crippen LogP contribution is 2.27. The molecule has 1 aromatic rings. The van der Waals surface area contributed by atoms with E-state index >= 15 is 0 Å². The number of ether oxygens (including phenoxy) is 1. The fraction of sp³-hybridized carbons (Fsp3) is 0.462. The van der Waals surface area contributed by atoms with Crippen molar-refractivity contribution in [2.75, 3.05) is 6.61 Å². The van der Waals surface area contributed by atoms with E-state index < -0.39 is 15.0 Å². The monoisotopic (exact) mass is 380 g/mol. The Bertz CT molecular complexity index is 609. The van der Waals surface area contributed by atoms with Crippen molar-refractivity contribution >= 4 is 41.6 Å². The molecule has 4 nitrogen and oxygen atoms in total. The third-order valence-corrected chi connectivity index (χ3v) is 5.41. The second-order valence-corrected chi connectivity index (χ2v) is 8.25. The lowest BCUT2D eigenvalue weighted by Gasteiger charge is -2.11. The Morgan fingerprint density at radius 1 is 1.35 bits per heavy atom. The molecule has 7 heteroatoms. The predicted molar refractivity (Wildman–Crippen MR) is 79.4 cm³/mol. The van der Waals surface area contributed by atoms with E-state index in [1.165, 1.54) is 31.0 Å². The van der Waals surface area contributed by atoms with Crippen LogP contribution in [0.5, 0.6) is 0 Å². The molecular formula is C13H14BrClO4S. The van der Waals surface area contributed by atoms with Gasteiger partial charge >= 0.3 is 5.97 Å². The molecule has 20 heavy (non-hydrogen) atoms. The standard InChI is InChI=1S/C13H14BrClO4S/c14-12-6-5-10(20(15,17)18)7-11(12)13(16)19-8-9-3-1-2-4-9/h5-7,9H,1-4,8H2. The molecule has 0 aliphatic heterocycles. The Morgan fingerprint density at radius 3 is 2.60 bits per heavy atom. The summed E-state index contributed by atoms with van der Waals surface area (Å²) in [7, 11) is 1.41. The van der Waals surface area contributed by atoms with Crippen molar-refractivity contribution in [2.45, 2.75) is 30.6 Å². The summed E-state index contributed by atoms with van der Waals surface area (Å²) >= 11 is 3.21. The maximum absolute atomic E-state index is 12.0. The number of hydrogen-bond acceptors (Lipinski definition) is 4. The average Bonchev–Trinajstić information content (AvgIpc) is 2.88. The number of carbonyl (C=O) groups is 1. The Morgan fingerprint density at radius 2 is 2.00 bits per heavy atom. The highest BCUT2D eigenvalue weighted by molar-refractivity contribution is 9.10. The fourth-order valence-corrected chi connectivity index (χ4v) is 3.45. The van der Waals surface area contributed by atoms with Gasteiger partial charge in [0.05, 0.1) is 17.1 Å². The molecular weight excluding hydrogens is 368 g/mol. The molecule has 1 saturated carbocycles. The minimum atomic E-state index is -3.86. The molecule has 110 valence electrons. The molecule has 1 fully saturated rings. The number of rotatable bonds is 4. The Balaban J connectivity index is 2.12. The lowest BCUT2D eigenvalue weighted by atomic mass is 10.1. The summed E-state index contributed by atoms with van der Waals surface area (Å²) in [6.07, 6.45) is 4.49. The van der Waals surface area contributed by atoms with Crippen LogP contribution in [0.25, 0.3) is 0 Å². The molecule has 2 rings (SSSR count). The molecule has 0 atom stereocenters. The van der Waals surface area contributed by atoms with Crippen molar-refractivity contribution in [2.24, 2.45) is 5.92 Å². The summed E-state index contributed by atoms with van der Waals surface area (Å²) in [5.74, 6) is -0.122. The van der Waals surface area contributed by atoms with E-state index in [9.17, 15) is 13.2 Å². The zero-order valence-corrected chi connectivity index (χ0v) is 13.8. The zero-order valence-electron chi connectivity index (χ0n) is 10.6. The van der Waals surface area contributed by atoms with Gasteiger partial charge in [-0.3, -0.25) is 0 Å². The summed E-state index contributed by atoms with van der Waals surface area (Å²) in [4.78, 5) is 11.9. The number of carbonyl (C=O) groups excluding carboxylic acids is 1. The molecule has 0 unspecified atom stereocenters. The minimum absolute atomic E-state index is 0.116. The predicted octanol–water partition coefficient (Wildman–Crippen LogP) is 3.72. The van der Waals surface area contributed by atoms with Crippen LogP contribution in [-0.4, -0.2) is 21.0 Å². The normalized spacial score (nSPS) is 16.3. The second-order valence-electron chi connectivity index (χ2n) is 4.83. The van der Waals surface area contributed by atoms with E-state index in [-0.39, 0.29) is 10.5 Å². The van der Waals surface area contributed by atoms with Gasteiger partial charge in [-0.25, -0.2) is 13.2 Å². The van der Waals surface area contributed by atoms with Crippen LogP contribution >= 0.6 is 26.6 Å². The van der Waals surface area contributed by atoms with E-state index in [1.807, 2.05) is 0 Å². The summed E-state index contributed by atoms with van der Waals surface area (Å²) in [5.41, 5.74) is 0.171. The van der Waals surface area contributed by atoms with Crippen molar-refractivity contribution in [3.63, 3.8) is 0 Å². The molecule has 1 aliphatic rings. The first-order valence-electron chi connectivity index (χ1n) is 6.29. The molecule has 1 aromatic carbocycles. The van der Waals surface area contributed by atoms with Crippen molar-refractivity contribution < 1.29 is 17.9 Å². The van der Waals surface area contributed by atoms with Gasteiger partial charge in [0.25, 0.3) is 9.05 Å². The van der Waals surface area contributed by atoms with Gasteiger partial charge in [-0.1, -0.05) is 12.8 Å². The highest BCUT2D eigenvalue weighted by atomic mass is 79.9. The summed E-state index contributed by atoms with van der Waals surface area (Å²) in [6, 6.07) is 4.03. The Kier molecular flexibility index (Phi) is 5.09. The molecule has 0 amide bonds.